The standard InChI is InChI=1S/C56H38N4/c1-5-21-53(49(17-1)39-13-9-25-57-35-39)45-29-43(30-46(33-45)54-22-6-2-18-50(54)40-14-10-26-58-36-40)44-31-47(55-23-7-3-19-51(55)41-15-11-27-59-37-41)34-48(32-44)56-24-8-4-20-52(56)42-16-12-28-60-38-42/h1-38H. The highest BCUT2D eigenvalue weighted by molar-refractivity contribution is 5.95. The monoisotopic (exact) mass is 766 g/mol. The number of nitrogens with zero attached hydrogens (tertiary/aromatic N) is 4. The molecule has 0 unspecified atom stereocenters. The van der Waals surface area contributed by atoms with Crippen molar-refractivity contribution in [3.63, 3.8) is 0 Å². The summed E-state index contributed by atoms with van der Waals surface area (Å²) in [5.41, 5.74) is 20.0. The number of hydrogen-bond donors (Lipinski definition) is 0. The summed E-state index contributed by atoms with van der Waals surface area (Å²) in [6.45, 7) is 0. The molecule has 0 amide bonds. The highest BCUT2D eigenvalue weighted by atomic mass is 14.6. The molecule has 4 nitrogen and oxygen atoms in total. The minimum atomic E-state index is 1.07. The van der Waals surface area contributed by atoms with Crippen molar-refractivity contribution in [2.45, 2.75) is 0 Å². The number of hydrogen-bond acceptors (Lipinski definition) is 4. The molecule has 0 spiro atoms. The molecule has 0 atom stereocenters. The smallest absolute Gasteiger partial charge is 0.0346 e. The van der Waals surface area contributed by atoms with E-state index in [1.165, 1.54) is 0 Å². The van der Waals surface area contributed by atoms with Crippen molar-refractivity contribution in [3.8, 4) is 100 Å². The molecule has 6 aromatic carbocycles. The van der Waals surface area contributed by atoms with Crippen LogP contribution in [0.15, 0.2) is 232 Å². The number of benzene rings is 6. The van der Waals surface area contributed by atoms with Crippen molar-refractivity contribution in [2.75, 3.05) is 0 Å². The molecule has 0 saturated heterocycles. The molecule has 60 heavy (non-hydrogen) atoms. The van der Waals surface area contributed by atoms with Crippen LogP contribution >= 0.6 is 0 Å². The highest BCUT2D eigenvalue weighted by Gasteiger charge is 2.18. The quantitative estimate of drug-likeness (QED) is 0.147. The Balaban J connectivity index is 1.25. The molecule has 0 saturated carbocycles. The van der Waals surface area contributed by atoms with Gasteiger partial charge >= 0.3 is 0 Å². The van der Waals surface area contributed by atoms with E-state index in [0.29, 0.717) is 0 Å². The third kappa shape index (κ3) is 7.30. The molecule has 0 aliphatic carbocycles. The Morgan fingerprint density at radius 1 is 0.183 bits per heavy atom. The van der Waals surface area contributed by atoms with E-state index in [1.807, 2.05) is 73.8 Å². The first-order valence-corrected chi connectivity index (χ1v) is 20.1. The topological polar surface area (TPSA) is 51.6 Å². The van der Waals surface area contributed by atoms with Crippen LogP contribution in [-0.2, 0) is 0 Å². The Labute approximate surface area is 350 Å². The van der Waals surface area contributed by atoms with Gasteiger partial charge in [0, 0.05) is 71.8 Å². The molecule has 0 aliphatic rings. The summed E-state index contributed by atoms with van der Waals surface area (Å²) in [4.78, 5) is 18.0. The zero-order chi connectivity index (χ0) is 40.1. The van der Waals surface area contributed by atoms with E-state index in [9.17, 15) is 0 Å². The highest BCUT2D eigenvalue weighted by Crippen LogP contribution is 2.43. The Bertz CT molecular complexity index is 2660. The summed E-state index contributed by atoms with van der Waals surface area (Å²) in [6.07, 6.45) is 15.1. The van der Waals surface area contributed by atoms with Gasteiger partial charge in [-0.3, -0.25) is 19.9 Å². The van der Waals surface area contributed by atoms with Crippen LogP contribution in [0.1, 0.15) is 0 Å². The fourth-order valence-corrected chi connectivity index (χ4v) is 8.25. The van der Waals surface area contributed by atoms with E-state index in [1.54, 1.807) is 0 Å². The minimum Gasteiger partial charge on any atom is -0.264 e. The molecule has 0 fully saturated rings. The maximum Gasteiger partial charge on any atom is 0.0346 e. The first-order chi connectivity index (χ1) is 29.8. The minimum absolute atomic E-state index is 1.07. The summed E-state index contributed by atoms with van der Waals surface area (Å²) in [6, 6.07) is 65.0. The normalized spacial score (nSPS) is 11.0. The van der Waals surface area contributed by atoms with E-state index < -0.39 is 0 Å². The van der Waals surface area contributed by atoms with Crippen LogP contribution in [0.5, 0.6) is 0 Å². The summed E-state index contributed by atoms with van der Waals surface area (Å²) in [7, 11) is 0. The van der Waals surface area contributed by atoms with Crippen molar-refractivity contribution in [2.24, 2.45) is 0 Å². The van der Waals surface area contributed by atoms with Gasteiger partial charge in [-0.15, -0.1) is 0 Å². The van der Waals surface area contributed by atoms with Crippen molar-refractivity contribution in [1.82, 2.24) is 19.9 Å². The van der Waals surface area contributed by atoms with Gasteiger partial charge in [0.15, 0.2) is 0 Å². The second kappa shape index (κ2) is 16.4. The number of rotatable bonds is 9. The summed E-state index contributed by atoms with van der Waals surface area (Å²) in [5, 5.41) is 0. The van der Waals surface area contributed by atoms with Gasteiger partial charge in [0.25, 0.3) is 0 Å². The first kappa shape index (κ1) is 36.3. The fraction of sp³-hybridized carbons (Fsp3) is 0. The van der Waals surface area contributed by atoms with Crippen LogP contribution in [0.4, 0.5) is 0 Å². The molecular weight excluding hydrogens is 729 g/mol. The maximum atomic E-state index is 4.49. The van der Waals surface area contributed by atoms with Gasteiger partial charge in [0.2, 0.25) is 0 Å². The predicted molar refractivity (Wildman–Crippen MR) is 247 cm³/mol. The van der Waals surface area contributed by atoms with Crippen LogP contribution in [0.3, 0.4) is 0 Å². The van der Waals surface area contributed by atoms with Crippen LogP contribution in [-0.4, -0.2) is 19.9 Å². The van der Waals surface area contributed by atoms with Crippen molar-refractivity contribution in [1.29, 1.82) is 0 Å². The van der Waals surface area contributed by atoms with E-state index in [0.717, 1.165) is 100 Å². The average molecular weight is 767 g/mol. The molecule has 0 bridgehead atoms. The predicted octanol–water partition coefficient (Wildman–Crippen LogP) is 14.3. The summed E-state index contributed by atoms with van der Waals surface area (Å²) < 4.78 is 0. The van der Waals surface area contributed by atoms with Gasteiger partial charge in [0.05, 0.1) is 0 Å². The molecule has 4 aromatic heterocycles. The van der Waals surface area contributed by atoms with E-state index >= 15 is 0 Å². The molecule has 0 aliphatic heterocycles. The maximum absolute atomic E-state index is 4.49. The Hall–Kier alpha value is -8.08. The molecule has 282 valence electrons. The molecule has 10 rings (SSSR count). The SMILES string of the molecule is c1cncc(-c2ccccc2-c2cc(-c3cc(-c4ccccc4-c4cccnc4)cc(-c4ccccc4-c4cccnc4)c3)cc(-c3ccccc3-c3cccnc3)c2)c1. The van der Waals surface area contributed by atoms with Gasteiger partial charge in [-0.2, -0.15) is 0 Å². The zero-order valence-electron chi connectivity index (χ0n) is 32.7. The largest absolute Gasteiger partial charge is 0.264 e. The second-order valence-corrected chi connectivity index (χ2v) is 14.7. The number of pyridine rings is 4. The lowest BCUT2D eigenvalue weighted by molar-refractivity contribution is 1.33. The zero-order valence-corrected chi connectivity index (χ0v) is 32.7. The lowest BCUT2D eigenvalue weighted by Crippen LogP contribution is -1.93. The van der Waals surface area contributed by atoms with Crippen LogP contribution in [0.2, 0.25) is 0 Å². The fourth-order valence-electron chi connectivity index (χ4n) is 8.25. The van der Waals surface area contributed by atoms with Crippen molar-refractivity contribution < 1.29 is 0 Å². The van der Waals surface area contributed by atoms with Gasteiger partial charge < -0.3 is 0 Å². The average Bonchev–Trinajstić information content (AvgIpc) is 3.35. The van der Waals surface area contributed by atoms with Crippen LogP contribution < -0.4 is 0 Å². The third-order valence-electron chi connectivity index (χ3n) is 11.0. The van der Waals surface area contributed by atoms with E-state index in [4.69, 9.17) is 0 Å². The van der Waals surface area contributed by atoms with Gasteiger partial charge in [-0.1, -0.05) is 121 Å². The van der Waals surface area contributed by atoms with Gasteiger partial charge in [-0.05, 0) is 139 Å². The lowest BCUT2D eigenvalue weighted by atomic mass is 9.85. The Morgan fingerprint density at radius 3 is 0.583 bits per heavy atom. The van der Waals surface area contributed by atoms with Gasteiger partial charge in [0.1, 0.15) is 0 Å². The molecular formula is C56H38N4. The Morgan fingerprint density at radius 2 is 0.383 bits per heavy atom. The van der Waals surface area contributed by atoms with Crippen LogP contribution in [0.25, 0.3) is 100 Å². The van der Waals surface area contributed by atoms with Crippen LogP contribution in [0, 0.1) is 0 Å². The lowest BCUT2D eigenvalue weighted by Gasteiger charge is -2.19. The van der Waals surface area contributed by atoms with Crippen molar-refractivity contribution >= 4 is 0 Å². The second-order valence-electron chi connectivity index (χ2n) is 14.7. The number of aromatic nitrogens is 4. The Kier molecular flexibility index (Phi) is 9.92. The molecule has 4 heterocycles. The van der Waals surface area contributed by atoms with Gasteiger partial charge in [-0.25, -0.2) is 0 Å². The van der Waals surface area contributed by atoms with E-state index in [2.05, 4.69) is 178 Å². The summed E-state index contributed by atoms with van der Waals surface area (Å²) >= 11 is 0. The molecule has 0 N–H and O–H groups in total. The molecule has 0 radical (unpaired) electrons. The summed E-state index contributed by atoms with van der Waals surface area (Å²) in [5.74, 6) is 0. The first-order valence-electron chi connectivity index (χ1n) is 20.1. The molecule has 10 aromatic rings. The van der Waals surface area contributed by atoms with E-state index in [-0.39, 0.29) is 0 Å². The van der Waals surface area contributed by atoms with Crippen molar-refractivity contribution in [3.05, 3.63) is 232 Å². The third-order valence-corrected chi connectivity index (χ3v) is 11.0. The molecule has 4 heteroatoms.